The van der Waals surface area contributed by atoms with Gasteiger partial charge in [-0.05, 0) is 11.8 Å². The Balaban J connectivity index is 2.19. The average Bonchev–Trinajstić information content (AvgIpc) is 1.55. The van der Waals surface area contributed by atoms with Gasteiger partial charge in [0, 0.05) is 6.42 Å². The Morgan fingerprint density at radius 1 is 1.70 bits per heavy atom. The van der Waals surface area contributed by atoms with Crippen LogP contribution in [-0.2, 0) is 4.79 Å². The molecule has 0 aliphatic heterocycles. The molecule has 10 heavy (non-hydrogen) atoms. The molecular formula is C8H15NO. The van der Waals surface area contributed by atoms with E-state index in [9.17, 15) is 4.79 Å². The summed E-state index contributed by atoms with van der Waals surface area (Å²) in [5, 5.41) is 0. The van der Waals surface area contributed by atoms with E-state index in [1.165, 1.54) is 19.3 Å². The Hall–Kier alpha value is -0.530. The summed E-state index contributed by atoms with van der Waals surface area (Å²) >= 11 is 0. The molecule has 0 aromatic rings. The first-order chi connectivity index (χ1) is 4.70. The molecule has 1 fully saturated rings. The van der Waals surface area contributed by atoms with Gasteiger partial charge in [-0.1, -0.05) is 26.2 Å². The van der Waals surface area contributed by atoms with Crippen LogP contribution in [0.15, 0.2) is 0 Å². The molecule has 0 bridgehead atoms. The number of primary amides is 1. The van der Waals surface area contributed by atoms with Gasteiger partial charge < -0.3 is 5.73 Å². The molecule has 58 valence electrons. The summed E-state index contributed by atoms with van der Waals surface area (Å²) in [6.07, 6.45) is 4.52. The van der Waals surface area contributed by atoms with Crippen LogP contribution >= 0.6 is 0 Å². The monoisotopic (exact) mass is 141 g/mol. The number of amides is 1. The fourth-order valence-corrected chi connectivity index (χ4v) is 1.49. The number of carbonyl (C=O) groups excluding carboxylic acids is 1. The van der Waals surface area contributed by atoms with E-state index in [4.69, 9.17) is 5.73 Å². The highest BCUT2D eigenvalue weighted by Crippen LogP contribution is 2.34. The maximum Gasteiger partial charge on any atom is 0.217 e. The van der Waals surface area contributed by atoms with Crippen molar-refractivity contribution in [2.45, 2.75) is 32.6 Å². The molecule has 1 aliphatic carbocycles. The van der Waals surface area contributed by atoms with E-state index in [-0.39, 0.29) is 5.91 Å². The summed E-state index contributed by atoms with van der Waals surface area (Å²) in [6.45, 7) is 2.12. The van der Waals surface area contributed by atoms with Crippen LogP contribution in [0.2, 0.25) is 0 Å². The van der Waals surface area contributed by atoms with Gasteiger partial charge >= 0.3 is 0 Å². The zero-order valence-electron chi connectivity index (χ0n) is 6.47. The van der Waals surface area contributed by atoms with Gasteiger partial charge in [-0.3, -0.25) is 4.79 Å². The first-order valence-corrected chi connectivity index (χ1v) is 3.98. The van der Waals surface area contributed by atoms with Crippen molar-refractivity contribution >= 4 is 5.91 Å². The van der Waals surface area contributed by atoms with Crippen LogP contribution in [0.25, 0.3) is 0 Å². The first-order valence-electron chi connectivity index (χ1n) is 3.98. The molecule has 1 atom stereocenters. The molecule has 2 nitrogen and oxygen atoms in total. The van der Waals surface area contributed by atoms with Gasteiger partial charge in [-0.2, -0.15) is 0 Å². The molecule has 0 heterocycles. The summed E-state index contributed by atoms with van der Waals surface area (Å²) in [5.74, 6) is 1.15. The highest BCUT2D eigenvalue weighted by molar-refractivity contribution is 5.73. The zero-order valence-corrected chi connectivity index (χ0v) is 6.47. The second-order valence-electron chi connectivity index (χ2n) is 3.34. The summed E-state index contributed by atoms with van der Waals surface area (Å²) in [7, 11) is 0. The van der Waals surface area contributed by atoms with E-state index in [1.54, 1.807) is 0 Å². The second kappa shape index (κ2) is 3.04. The molecule has 2 N–H and O–H groups in total. The highest BCUT2D eigenvalue weighted by Gasteiger charge is 2.24. The average molecular weight is 141 g/mol. The third-order valence-electron chi connectivity index (χ3n) is 2.48. The van der Waals surface area contributed by atoms with Gasteiger partial charge in [0.15, 0.2) is 0 Å². The minimum atomic E-state index is -0.153. The summed E-state index contributed by atoms with van der Waals surface area (Å²) in [4.78, 5) is 10.5. The van der Waals surface area contributed by atoms with Gasteiger partial charge in [-0.25, -0.2) is 0 Å². The molecule has 0 unspecified atom stereocenters. The van der Waals surface area contributed by atoms with Crippen LogP contribution in [0, 0.1) is 11.8 Å². The summed E-state index contributed by atoms with van der Waals surface area (Å²) in [6, 6.07) is 0. The maximum atomic E-state index is 10.5. The molecule has 0 spiro atoms. The van der Waals surface area contributed by atoms with Crippen molar-refractivity contribution in [3.05, 3.63) is 0 Å². The summed E-state index contributed by atoms with van der Waals surface area (Å²) in [5.41, 5.74) is 5.07. The number of carbonyl (C=O) groups is 1. The van der Waals surface area contributed by atoms with Crippen molar-refractivity contribution in [1.29, 1.82) is 0 Å². The van der Waals surface area contributed by atoms with Crippen molar-refractivity contribution in [1.82, 2.24) is 0 Å². The third-order valence-corrected chi connectivity index (χ3v) is 2.48. The summed E-state index contributed by atoms with van der Waals surface area (Å²) < 4.78 is 0. The second-order valence-corrected chi connectivity index (χ2v) is 3.34. The van der Waals surface area contributed by atoms with Gasteiger partial charge in [0.1, 0.15) is 0 Å². The van der Waals surface area contributed by atoms with E-state index in [0.717, 1.165) is 5.92 Å². The van der Waals surface area contributed by atoms with Gasteiger partial charge in [0.2, 0.25) is 5.91 Å². The lowest BCUT2D eigenvalue weighted by Crippen LogP contribution is -2.24. The molecule has 1 amide bonds. The smallest absolute Gasteiger partial charge is 0.217 e. The van der Waals surface area contributed by atoms with Crippen LogP contribution < -0.4 is 5.73 Å². The predicted octanol–water partition coefficient (Wildman–Crippen LogP) is 1.30. The Labute approximate surface area is 61.8 Å². The van der Waals surface area contributed by atoms with Crippen LogP contribution in [-0.4, -0.2) is 5.91 Å². The Morgan fingerprint density at radius 3 is 2.60 bits per heavy atom. The fourth-order valence-electron chi connectivity index (χ4n) is 1.49. The van der Waals surface area contributed by atoms with Crippen molar-refractivity contribution in [2.24, 2.45) is 17.6 Å². The number of hydrogen-bond acceptors (Lipinski definition) is 1. The van der Waals surface area contributed by atoms with E-state index in [0.29, 0.717) is 12.3 Å². The van der Waals surface area contributed by atoms with Crippen LogP contribution in [0.1, 0.15) is 32.6 Å². The third kappa shape index (κ3) is 1.72. The molecule has 0 radical (unpaired) electrons. The van der Waals surface area contributed by atoms with Crippen molar-refractivity contribution in [2.75, 3.05) is 0 Å². The van der Waals surface area contributed by atoms with E-state index >= 15 is 0 Å². The Kier molecular flexibility index (Phi) is 2.30. The SMILES string of the molecule is C[C@H](CC(N)=O)C1CCC1. The van der Waals surface area contributed by atoms with Crippen LogP contribution in [0.4, 0.5) is 0 Å². The van der Waals surface area contributed by atoms with Gasteiger partial charge in [-0.15, -0.1) is 0 Å². The van der Waals surface area contributed by atoms with Crippen molar-refractivity contribution in [3.63, 3.8) is 0 Å². The van der Waals surface area contributed by atoms with E-state index < -0.39 is 0 Å². The first kappa shape index (κ1) is 7.58. The van der Waals surface area contributed by atoms with Crippen LogP contribution in [0.5, 0.6) is 0 Å². The molecule has 0 aromatic carbocycles. The molecule has 1 saturated carbocycles. The molecule has 0 aromatic heterocycles. The van der Waals surface area contributed by atoms with Gasteiger partial charge in [0.05, 0.1) is 0 Å². The maximum absolute atomic E-state index is 10.5. The highest BCUT2D eigenvalue weighted by atomic mass is 16.1. The lowest BCUT2D eigenvalue weighted by atomic mass is 9.75. The van der Waals surface area contributed by atoms with E-state index in [2.05, 4.69) is 6.92 Å². The van der Waals surface area contributed by atoms with Crippen molar-refractivity contribution < 1.29 is 4.79 Å². The quantitative estimate of drug-likeness (QED) is 0.632. The molecule has 2 heteroatoms. The van der Waals surface area contributed by atoms with Gasteiger partial charge in [0.25, 0.3) is 0 Å². The number of rotatable bonds is 3. The molecular weight excluding hydrogens is 126 g/mol. The van der Waals surface area contributed by atoms with Crippen molar-refractivity contribution in [3.8, 4) is 0 Å². The Bertz CT molecular complexity index is 129. The lowest BCUT2D eigenvalue weighted by molar-refractivity contribution is -0.119. The molecule has 1 aliphatic rings. The number of nitrogens with two attached hydrogens (primary N) is 1. The standard InChI is InChI=1S/C8H15NO/c1-6(5-8(9)10)7-3-2-4-7/h6-7H,2-5H2,1H3,(H2,9,10)/t6-/m1/s1. The molecule has 0 saturated heterocycles. The fraction of sp³-hybridized carbons (Fsp3) is 0.875. The minimum absolute atomic E-state index is 0.153. The molecule has 1 rings (SSSR count). The zero-order chi connectivity index (χ0) is 7.56. The largest absolute Gasteiger partial charge is 0.370 e. The van der Waals surface area contributed by atoms with Crippen LogP contribution in [0.3, 0.4) is 0 Å². The minimum Gasteiger partial charge on any atom is -0.370 e. The lowest BCUT2D eigenvalue weighted by Gasteiger charge is -2.30. The normalized spacial score (nSPS) is 21.7. The Morgan fingerprint density at radius 2 is 2.30 bits per heavy atom. The topological polar surface area (TPSA) is 43.1 Å². The number of hydrogen-bond donors (Lipinski definition) is 1. The van der Waals surface area contributed by atoms with E-state index in [1.807, 2.05) is 0 Å². The predicted molar refractivity (Wildman–Crippen MR) is 40.3 cm³/mol.